The van der Waals surface area contributed by atoms with Gasteiger partial charge in [-0.05, 0) is 154 Å². The topological polar surface area (TPSA) is 231 Å². The quantitative estimate of drug-likeness (QED) is 0.0146. The Morgan fingerprint density at radius 2 is 0.417 bits per heavy atom. The van der Waals surface area contributed by atoms with Crippen molar-refractivity contribution in [3.05, 3.63) is 170 Å². The number of carbonyl (C=O) groups is 3. The van der Waals surface area contributed by atoms with Gasteiger partial charge in [0.15, 0.2) is 6.10 Å². The predicted molar refractivity (Wildman–Crippen MR) is 537 cm³/mol. The Morgan fingerprint density at radius 3 is 0.661 bits per heavy atom. The van der Waals surface area contributed by atoms with Crippen molar-refractivity contribution in [2.75, 3.05) is 39.6 Å². The molecule has 0 aromatic heterocycles. The first-order chi connectivity index (χ1) is 62.2. The Kier molecular flexibility index (Phi) is 95.9. The van der Waals surface area contributed by atoms with E-state index < -0.39 is 91.5 Å². The number of esters is 3. The molecular weight excluding hydrogens is 1630 g/mol. The summed E-state index contributed by atoms with van der Waals surface area (Å²) >= 11 is 0. The molecule has 0 fully saturated rings. The zero-order valence-electron chi connectivity index (χ0n) is 80.9. The molecule has 18 heteroatoms. The summed E-state index contributed by atoms with van der Waals surface area (Å²) in [7, 11) is -9.82. The zero-order chi connectivity index (χ0) is 92.1. The third-order valence-electron chi connectivity index (χ3n) is 21.9. The second-order valence-electron chi connectivity index (χ2n) is 34.2. The summed E-state index contributed by atoms with van der Waals surface area (Å²) in [6.45, 7) is 2.50. The monoisotopic (exact) mass is 1820 g/mol. The molecule has 0 heterocycles. The smallest absolute Gasteiger partial charge is 0.463 e. The maximum atomic E-state index is 13.1. The molecule has 730 valence electrons. The molecule has 0 aromatic rings. The van der Waals surface area contributed by atoms with Crippen LogP contribution in [-0.2, 0) is 55.8 Å². The van der Waals surface area contributed by atoms with Gasteiger partial charge in [-0.15, -0.1) is 0 Å². The molecule has 16 nitrogen and oxygen atoms in total. The highest BCUT2D eigenvalue weighted by Crippen LogP contribution is 2.45. The summed E-state index contributed by atoms with van der Waals surface area (Å²) in [5.74, 6) is -1.56. The molecule has 0 saturated heterocycles. The highest BCUT2D eigenvalue weighted by molar-refractivity contribution is 7.47. The number of hydrogen-bond donors (Lipinski definition) is 4. The maximum absolute atomic E-state index is 13.1. The van der Waals surface area contributed by atoms with Gasteiger partial charge in [0.1, 0.15) is 25.4 Å². The number of aliphatic hydroxyl groups excluding tert-OH is 2. The summed E-state index contributed by atoms with van der Waals surface area (Å²) in [5, 5.41) is 20.8. The number of aliphatic hydroxyl groups is 2. The Bertz CT molecular complexity index is 2990. The lowest BCUT2D eigenvalue weighted by atomic mass is 10.0. The lowest BCUT2D eigenvalue weighted by Crippen LogP contribution is -2.30. The molecule has 0 aliphatic carbocycles. The molecule has 4 N–H and O–H groups in total. The number of carbonyl (C=O) groups excluding carboxylic acids is 3. The zero-order valence-corrected chi connectivity index (χ0v) is 82.7. The number of unbranched alkanes of at least 4 members (excludes halogenated alkanes) is 46. The Morgan fingerprint density at radius 1 is 0.228 bits per heavy atom. The second-order valence-corrected chi connectivity index (χ2v) is 37.1. The van der Waals surface area contributed by atoms with Gasteiger partial charge in [0, 0.05) is 19.3 Å². The minimum atomic E-state index is -4.95. The number of ether oxygens (including phenoxy) is 3. The van der Waals surface area contributed by atoms with Crippen molar-refractivity contribution in [2.45, 2.75) is 463 Å². The van der Waals surface area contributed by atoms with E-state index in [-0.39, 0.29) is 19.3 Å². The summed E-state index contributed by atoms with van der Waals surface area (Å²) in [6.07, 6.45) is 131. The van der Waals surface area contributed by atoms with Crippen molar-refractivity contribution in [1.29, 1.82) is 0 Å². The molecule has 0 aromatic carbocycles. The molecule has 0 spiro atoms. The van der Waals surface area contributed by atoms with Crippen molar-refractivity contribution in [3.63, 3.8) is 0 Å². The second kappa shape index (κ2) is 99.9. The first kappa shape index (κ1) is 122. The molecule has 5 unspecified atom stereocenters. The SMILES string of the molecule is CC/C=C\C/C=C\C/C=C\C/C=C\C/C=C\CCCCCCCCCCCCCCCCCCCC(=O)OCC(O)COP(=O)(O)OCC(O)COP(=O)(O)OCC(COC(=O)CCCCCCCCCCCCCCCCCCC/C=C\C/C=C\C/C=C\C/C=C\CCCCC)OC(=O)CCCCCCCCCCC/C=C\C/C=C\C/C=C\C/C=C\C/C=C\CC. The first-order valence-electron chi connectivity index (χ1n) is 51.4. The van der Waals surface area contributed by atoms with Crippen LogP contribution in [0.3, 0.4) is 0 Å². The summed E-state index contributed by atoms with van der Waals surface area (Å²) < 4.78 is 61.7. The molecule has 0 saturated carbocycles. The van der Waals surface area contributed by atoms with Gasteiger partial charge >= 0.3 is 33.6 Å². The van der Waals surface area contributed by atoms with E-state index in [1.165, 1.54) is 231 Å². The van der Waals surface area contributed by atoms with E-state index in [4.69, 9.17) is 32.3 Å². The molecule has 0 radical (unpaired) electrons. The number of hydrogen-bond acceptors (Lipinski definition) is 14. The van der Waals surface area contributed by atoms with Crippen LogP contribution in [0.15, 0.2) is 170 Å². The fourth-order valence-corrected chi connectivity index (χ4v) is 15.8. The minimum Gasteiger partial charge on any atom is -0.463 e. The Labute approximate surface area is 777 Å². The van der Waals surface area contributed by atoms with E-state index in [9.17, 15) is 43.5 Å². The van der Waals surface area contributed by atoms with Crippen LogP contribution < -0.4 is 0 Å². The maximum Gasteiger partial charge on any atom is 0.472 e. The van der Waals surface area contributed by atoms with Gasteiger partial charge in [0.2, 0.25) is 0 Å². The normalized spacial score (nSPS) is 14.4. The number of phosphoric ester groups is 2. The van der Waals surface area contributed by atoms with Crippen LogP contribution >= 0.6 is 15.6 Å². The molecule has 0 bridgehead atoms. The fraction of sp³-hybridized carbons (Fsp3) is 0.716. The molecule has 0 aliphatic rings. The van der Waals surface area contributed by atoms with Crippen molar-refractivity contribution in [2.24, 2.45) is 0 Å². The number of rotatable bonds is 97. The average Bonchev–Trinajstić information content (AvgIpc) is 0.899. The lowest BCUT2D eigenvalue weighted by Gasteiger charge is -2.21. The molecular formula is C109H188O16P2. The van der Waals surface area contributed by atoms with E-state index in [1.807, 2.05) is 0 Å². The van der Waals surface area contributed by atoms with Crippen LogP contribution in [0, 0.1) is 0 Å². The van der Waals surface area contributed by atoms with Gasteiger partial charge in [-0.25, -0.2) is 9.13 Å². The van der Waals surface area contributed by atoms with Crippen molar-refractivity contribution < 1.29 is 75.8 Å². The molecule has 127 heavy (non-hydrogen) atoms. The Balaban J connectivity index is 4.58. The van der Waals surface area contributed by atoms with Gasteiger partial charge in [-0.2, -0.15) is 0 Å². The summed E-state index contributed by atoms with van der Waals surface area (Å²) in [4.78, 5) is 59.2. The largest absolute Gasteiger partial charge is 0.472 e. The number of allylic oxidation sites excluding steroid dienone is 28. The van der Waals surface area contributed by atoms with Crippen LogP contribution in [0.4, 0.5) is 0 Å². The van der Waals surface area contributed by atoms with Gasteiger partial charge in [-0.1, -0.05) is 441 Å². The van der Waals surface area contributed by atoms with Crippen LogP contribution in [0.25, 0.3) is 0 Å². The van der Waals surface area contributed by atoms with Crippen LogP contribution in [0.1, 0.15) is 445 Å². The summed E-state index contributed by atoms with van der Waals surface area (Å²) in [6, 6.07) is 0. The third kappa shape index (κ3) is 101. The molecule has 0 aliphatic heterocycles. The standard InChI is InChI=1S/C109H188O16P2/c1-4-7-10-13-16-19-22-25-28-31-34-37-40-43-45-47-49-51-53-55-57-60-62-65-68-71-74-77-80-83-86-89-92-95-107(112)119-98-104(110)99-121-126(115,116)122-100-105(111)101-123-127(117,118)124-103-106(125-109(114)97-94-91-88-85-82-79-76-73-70-67-64-59-42-39-36-33-30-27-24-21-18-15-12-9-6-3)102-120-108(113)96-93-90-87-84-81-78-75-72-69-66-63-61-58-56-54-52-50-48-46-44-41-38-35-32-29-26-23-20-17-14-11-8-5-2/h7,9-10,12,16-21,25-30,34-39,43-46,59,64,104-106,110-111H,4-6,8,11,13-15,22-24,31-33,40-42,47-58,60-63,65-103H2,1-3H3,(H,115,116)(H,117,118)/b10-7-,12-9-,19-16-,20-17-,21-18-,28-25-,29-26-,30-27-,37-34-,38-35-,39-36-,45-43-,46-44-,64-59-. The van der Waals surface area contributed by atoms with E-state index in [0.717, 1.165) is 154 Å². The van der Waals surface area contributed by atoms with Crippen molar-refractivity contribution in [1.82, 2.24) is 0 Å². The first-order valence-corrected chi connectivity index (χ1v) is 54.4. The van der Waals surface area contributed by atoms with E-state index in [2.05, 4.69) is 191 Å². The molecule has 5 atom stereocenters. The van der Waals surface area contributed by atoms with Crippen LogP contribution in [0.2, 0.25) is 0 Å². The predicted octanol–water partition coefficient (Wildman–Crippen LogP) is 32.6. The van der Waals surface area contributed by atoms with Gasteiger partial charge in [-0.3, -0.25) is 32.5 Å². The van der Waals surface area contributed by atoms with E-state index in [0.29, 0.717) is 19.3 Å². The van der Waals surface area contributed by atoms with E-state index in [1.54, 1.807) is 0 Å². The van der Waals surface area contributed by atoms with Crippen LogP contribution in [-0.4, -0.2) is 95.9 Å². The highest BCUT2D eigenvalue weighted by atomic mass is 31.2. The van der Waals surface area contributed by atoms with Crippen molar-refractivity contribution in [3.8, 4) is 0 Å². The van der Waals surface area contributed by atoms with Crippen LogP contribution in [0.5, 0.6) is 0 Å². The average molecular weight is 1820 g/mol. The molecule has 0 amide bonds. The molecule has 0 rings (SSSR count). The summed E-state index contributed by atoms with van der Waals surface area (Å²) in [5.41, 5.74) is 0. The van der Waals surface area contributed by atoms with Gasteiger partial charge in [0.05, 0.1) is 26.4 Å². The number of phosphoric acid groups is 2. The minimum absolute atomic E-state index is 0.0948. The fourth-order valence-electron chi connectivity index (χ4n) is 14.2. The van der Waals surface area contributed by atoms with Gasteiger partial charge < -0.3 is 34.2 Å². The van der Waals surface area contributed by atoms with Crippen molar-refractivity contribution >= 4 is 33.6 Å². The lowest BCUT2D eigenvalue weighted by molar-refractivity contribution is -0.161. The van der Waals surface area contributed by atoms with Gasteiger partial charge in [0.25, 0.3) is 0 Å². The highest BCUT2D eigenvalue weighted by Gasteiger charge is 2.30. The Hall–Kier alpha value is -5.09. The van der Waals surface area contributed by atoms with E-state index >= 15 is 0 Å². The third-order valence-corrected chi connectivity index (χ3v) is 23.8.